The van der Waals surface area contributed by atoms with Crippen LogP contribution in [0.15, 0.2) is 48.5 Å². The SMILES string of the molecule is CC(C)(C)c1ccc(CC(=O)CCc2ccc(C(F)(F)F)cc2)cc1. The highest BCUT2D eigenvalue weighted by Crippen LogP contribution is 2.29. The zero-order valence-corrected chi connectivity index (χ0v) is 14.8. The summed E-state index contributed by atoms with van der Waals surface area (Å²) < 4.78 is 37.6. The van der Waals surface area contributed by atoms with Crippen LogP contribution in [0.1, 0.15) is 49.4 Å². The molecule has 1 nitrogen and oxygen atoms in total. The van der Waals surface area contributed by atoms with Crippen LogP contribution in [0.4, 0.5) is 13.2 Å². The van der Waals surface area contributed by atoms with Crippen molar-refractivity contribution in [3.63, 3.8) is 0 Å². The van der Waals surface area contributed by atoms with Gasteiger partial charge in [-0.05, 0) is 40.7 Å². The van der Waals surface area contributed by atoms with Gasteiger partial charge in [-0.15, -0.1) is 0 Å². The van der Waals surface area contributed by atoms with Crippen molar-refractivity contribution in [1.82, 2.24) is 0 Å². The Morgan fingerprint density at radius 2 is 1.28 bits per heavy atom. The number of ketones is 1. The highest BCUT2D eigenvalue weighted by Gasteiger charge is 2.29. The van der Waals surface area contributed by atoms with Crippen molar-refractivity contribution in [3.8, 4) is 0 Å². The Bertz CT molecular complexity index is 705. The molecule has 0 aliphatic carbocycles. The second kappa shape index (κ2) is 7.42. The summed E-state index contributed by atoms with van der Waals surface area (Å²) in [6.07, 6.45) is -3.19. The van der Waals surface area contributed by atoms with Crippen LogP contribution in [0.5, 0.6) is 0 Å². The Labute approximate surface area is 146 Å². The molecule has 2 aromatic rings. The molecule has 0 amide bonds. The second-order valence-corrected chi connectivity index (χ2v) is 7.36. The van der Waals surface area contributed by atoms with Gasteiger partial charge >= 0.3 is 6.18 Å². The monoisotopic (exact) mass is 348 g/mol. The third kappa shape index (κ3) is 5.73. The van der Waals surface area contributed by atoms with Gasteiger partial charge in [0.15, 0.2) is 0 Å². The Balaban J connectivity index is 1.88. The molecule has 0 aliphatic rings. The van der Waals surface area contributed by atoms with Gasteiger partial charge in [-0.3, -0.25) is 4.79 Å². The first-order valence-electron chi connectivity index (χ1n) is 8.33. The van der Waals surface area contributed by atoms with E-state index >= 15 is 0 Å². The van der Waals surface area contributed by atoms with E-state index in [1.165, 1.54) is 17.7 Å². The van der Waals surface area contributed by atoms with Crippen molar-refractivity contribution >= 4 is 5.78 Å². The fraction of sp³-hybridized carbons (Fsp3) is 0.381. The number of carbonyl (C=O) groups is 1. The van der Waals surface area contributed by atoms with Crippen molar-refractivity contribution in [3.05, 3.63) is 70.8 Å². The third-order valence-corrected chi connectivity index (χ3v) is 4.20. The van der Waals surface area contributed by atoms with Gasteiger partial charge in [0.2, 0.25) is 0 Å². The number of aryl methyl sites for hydroxylation is 1. The summed E-state index contributed by atoms with van der Waals surface area (Å²) in [7, 11) is 0. The zero-order valence-electron chi connectivity index (χ0n) is 14.8. The van der Waals surface area contributed by atoms with Crippen LogP contribution in [-0.4, -0.2) is 5.78 Å². The van der Waals surface area contributed by atoms with Crippen LogP contribution in [0.2, 0.25) is 0 Å². The molecule has 0 heterocycles. The predicted octanol–water partition coefficient (Wildman–Crippen LogP) is 5.75. The molecule has 0 bridgehead atoms. The molecule has 0 aliphatic heterocycles. The summed E-state index contributed by atoms with van der Waals surface area (Å²) in [5, 5.41) is 0. The van der Waals surface area contributed by atoms with Gasteiger partial charge in [-0.1, -0.05) is 57.2 Å². The molecule has 0 spiro atoms. The number of Topliss-reactive ketones (excluding diaryl/α,β-unsaturated/α-hetero) is 1. The van der Waals surface area contributed by atoms with Crippen LogP contribution in [0.3, 0.4) is 0 Å². The molecular formula is C21H23F3O. The summed E-state index contributed by atoms with van der Waals surface area (Å²) in [4.78, 5) is 12.1. The number of alkyl halides is 3. The maximum absolute atomic E-state index is 12.5. The van der Waals surface area contributed by atoms with Crippen LogP contribution in [0, 0.1) is 0 Å². The quantitative estimate of drug-likeness (QED) is 0.673. The average Bonchev–Trinajstić information content (AvgIpc) is 2.52. The van der Waals surface area contributed by atoms with E-state index in [-0.39, 0.29) is 11.2 Å². The number of carbonyl (C=O) groups excluding carboxylic acids is 1. The van der Waals surface area contributed by atoms with Crippen molar-refractivity contribution in [2.24, 2.45) is 0 Å². The summed E-state index contributed by atoms with van der Waals surface area (Å²) >= 11 is 0. The predicted molar refractivity (Wildman–Crippen MR) is 93.6 cm³/mol. The average molecular weight is 348 g/mol. The van der Waals surface area contributed by atoms with E-state index in [1.807, 2.05) is 24.3 Å². The Morgan fingerprint density at radius 3 is 1.76 bits per heavy atom. The summed E-state index contributed by atoms with van der Waals surface area (Å²) in [5.41, 5.74) is 2.33. The van der Waals surface area contributed by atoms with Crippen LogP contribution < -0.4 is 0 Å². The molecule has 0 radical (unpaired) electrons. The Morgan fingerprint density at radius 1 is 0.800 bits per heavy atom. The van der Waals surface area contributed by atoms with E-state index in [9.17, 15) is 18.0 Å². The minimum atomic E-state index is -4.33. The largest absolute Gasteiger partial charge is 0.416 e. The summed E-state index contributed by atoms with van der Waals surface area (Å²) in [5.74, 6) is 0.0865. The minimum absolute atomic E-state index is 0.0745. The lowest BCUT2D eigenvalue weighted by Gasteiger charge is -2.19. The van der Waals surface area contributed by atoms with Crippen LogP contribution >= 0.6 is 0 Å². The first-order chi connectivity index (χ1) is 11.6. The van der Waals surface area contributed by atoms with Crippen molar-refractivity contribution in [2.45, 2.75) is 51.6 Å². The zero-order chi connectivity index (χ0) is 18.7. The third-order valence-electron chi connectivity index (χ3n) is 4.20. The number of rotatable bonds is 5. The van der Waals surface area contributed by atoms with E-state index in [0.29, 0.717) is 19.3 Å². The Kier molecular flexibility index (Phi) is 5.71. The normalized spacial score (nSPS) is 12.2. The van der Waals surface area contributed by atoms with Crippen molar-refractivity contribution in [2.75, 3.05) is 0 Å². The fourth-order valence-corrected chi connectivity index (χ4v) is 2.58. The lowest BCUT2D eigenvalue weighted by molar-refractivity contribution is -0.137. The number of benzene rings is 2. The van der Waals surface area contributed by atoms with E-state index in [2.05, 4.69) is 20.8 Å². The van der Waals surface area contributed by atoms with E-state index < -0.39 is 11.7 Å². The second-order valence-electron chi connectivity index (χ2n) is 7.36. The van der Waals surface area contributed by atoms with Gasteiger partial charge in [-0.2, -0.15) is 13.2 Å². The lowest BCUT2D eigenvalue weighted by atomic mass is 9.86. The van der Waals surface area contributed by atoms with Crippen LogP contribution in [-0.2, 0) is 29.2 Å². The first kappa shape index (κ1) is 19.2. The standard InChI is InChI=1S/C21H23F3O/c1-20(2,3)17-9-6-16(7-10-17)14-19(25)13-8-15-4-11-18(12-5-15)21(22,23)24/h4-7,9-12H,8,13-14H2,1-3H3. The molecule has 4 heteroatoms. The molecule has 0 unspecified atom stereocenters. The van der Waals surface area contributed by atoms with Gasteiger partial charge in [0.1, 0.15) is 5.78 Å². The maximum Gasteiger partial charge on any atom is 0.416 e. The maximum atomic E-state index is 12.5. The van der Waals surface area contributed by atoms with Crippen molar-refractivity contribution < 1.29 is 18.0 Å². The fourth-order valence-electron chi connectivity index (χ4n) is 2.58. The molecule has 0 atom stereocenters. The lowest BCUT2D eigenvalue weighted by Crippen LogP contribution is -2.11. The molecule has 2 aromatic carbocycles. The van der Waals surface area contributed by atoms with Gasteiger partial charge in [0, 0.05) is 12.8 Å². The van der Waals surface area contributed by atoms with E-state index in [1.54, 1.807) is 0 Å². The molecule has 134 valence electrons. The molecule has 25 heavy (non-hydrogen) atoms. The first-order valence-corrected chi connectivity index (χ1v) is 8.33. The highest BCUT2D eigenvalue weighted by atomic mass is 19.4. The molecule has 0 N–H and O–H groups in total. The van der Waals surface area contributed by atoms with Gasteiger partial charge in [0.05, 0.1) is 5.56 Å². The van der Waals surface area contributed by atoms with Gasteiger partial charge in [0.25, 0.3) is 0 Å². The van der Waals surface area contributed by atoms with E-state index in [0.717, 1.165) is 23.3 Å². The summed E-state index contributed by atoms with van der Waals surface area (Å²) in [6.45, 7) is 6.41. The molecule has 2 rings (SSSR count). The molecule has 0 fully saturated rings. The molecular weight excluding hydrogens is 325 g/mol. The molecule has 0 aromatic heterocycles. The van der Waals surface area contributed by atoms with Crippen LogP contribution in [0.25, 0.3) is 0 Å². The number of hydrogen-bond donors (Lipinski definition) is 0. The molecule has 0 saturated heterocycles. The topological polar surface area (TPSA) is 17.1 Å². The summed E-state index contributed by atoms with van der Waals surface area (Å²) in [6, 6.07) is 13.0. The molecule has 0 saturated carbocycles. The van der Waals surface area contributed by atoms with E-state index in [4.69, 9.17) is 0 Å². The van der Waals surface area contributed by atoms with Crippen molar-refractivity contribution in [1.29, 1.82) is 0 Å². The Hall–Kier alpha value is -2.10. The number of halogens is 3. The van der Waals surface area contributed by atoms with Gasteiger partial charge < -0.3 is 0 Å². The number of hydrogen-bond acceptors (Lipinski definition) is 1. The van der Waals surface area contributed by atoms with Gasteiger partial charge in [-0.25, -0.2) is 0 Å². The highest BCUT2D eigenvalue weighted by molar-refractivity contribution is 5.81. The smallest absolute Gasteiger partial charge is 0.299 e. The minimum Gasteiger partial charge on any atom is -0.299 e.